The molecule has 0 N–H and O–H groups in total. The van der Waals surface area contributed by atoms with E-state index in [1.54, 1.807) is 30.3 Å². The molecule has 0 radical (unpaired) electrons. The van der Waals surface area contributed by atoms with Gasteiger partial charge in [-0.15, -0.1) is 0 Å². The van der Waals surface area contributed by atoms with Gasteiger partial charge in [0.1, 0.15) is 35.8 Å². The Morgan fingerprint density at radius 3 is 2.40 bits per heavy atom. The lowest BCUT2D eigenvalue weighted by Gasteiger charge is -2.10. The van der Waals surface area contributed by atoms with E-state index in [0.29, 0.717) is 11.3 Å². The normalized spacial score (nSPS) is 9.80. The third kappa shape index (κ3) is 4.58. The molecule has 3 aromatic rings. The van der Waals surface area contributed by atoms with Crippen LogP contribution in [0, 0.1) is 32.8 Å². The summed E-state index contributed by atoms with van der Waals surface area (Å²) in [5.74, 6) is -0.107. The van der Waals surface area contributed by atoms with Gasteiger partial charge in [0.05, 0.1) is 16.1 Å². The van der Waals surface area contributed by atoms with Gasteiger partial charge < -0.3 is 9.47 Å². The molecule has 0 fully saturated rings. The van der Waals surface area contributed by atoms with Gasteiger partial charge in [0.15, 0.2) is 0 Å². The number of esters is 1. The van der Waals surface area contributed by atoms with Crippen molar-refractivity contribution in [3.63, 3.8) is 0 Å². The summed E-state index contributed by atoms with van der Waals surface area (Å²) in [6, 6.07) is 20.4. The Balaban J connectivity index is 1.71. The molecule has 0 aliphatic rings. The minimum atomic E-state index is -0.606. The van der Waals surface area contributed by atoms with Crippen molar-refractivity contribution >= 4 is 11.7 Å². The van der Waals surface area contributed by atoms with E-state index in [2.05, 4.69) is 0 Å². The number of hydrogen-bond donors (Lipinski definition) is 0. The third-order valence-electron chi connectivity index (χ3n) is 4.07. The molecule has 0 amide bonds. The minimum absolute atomic E-state index is 0.0490. The SMILES string of the molecule is N#Cc1cccc(Oc2cccc(C(=O)OCc3ccc([N+](=O)[O-])cc3)c2)c1C#N. The first-order valence-corrected chi connectivity index (χ1v) is 8.63. The number of nitriles is 2. The first-order valence-electron chi connectivity index (χ1n) is 8.63. The summed E-state index contributed by atoms with van der Waals surface area (Å²) in [4.78, 5) is 22.5. The fraction of sp³-hybridized carbons (Fsp3) is 0.0455. The highest BCUT2D eigenvalue weighted by Gasteiger charge is 2.13. The number of hydrogen-bond acceptors (Lipinski definition) is 7. The lowest BCUT2D eigenvalue weighted by Crippen LogP contribution is -2.05. The number of non-ortho nitro benzene ring substituents is 1. The molecule has 0 bridgehead atoms. The summed E-state index contributed by atoms with van der Waals surface area (Å²) >= 11 is 0. The highest BCUT2D eigenvalue weighted by atomic mass is 16.6. The molecular weight excluding hydrogens is 386 g/mol. The van der Waals surface area contributed by atoms with Gasteiger partial charge in [-0.2, -0.15) is 10.5 Å². The number of carbonyl (C=O) groups is 1. The second-order valence-electron chi connectivity index (χ2n) is 6.03. The highest BCUT2D eigenvalue weighted by Crippen LogP contribution is 2.27. The van der Waals surface area contributed by atoms with Crippen molar-refractivity contribution in [3.8, 4) is 23.6 Å². The maximum Gasteiger partial charge on any atom is 0.338 e. The van der Waals surface area contributed by atoms with Crippen molar-refractivity contribution < 1.29 is 19.2 Å². The number of nitro groups is 1. The molecule has 0 atom stereocenters. The monoisotopic (exact) mass is 399 g/mol. The van der Waals surface area contributed by atoms with Crippen molar-refractivity contribution in [3.05, 3.63) is 99.1 Å². The standard InChI is InChI=1S/C22H13N3O5/c23-12-17-4-2-6-21(20(17)13-24)30-19-5-1-3-16(11-19)22(26)29-14-15-7-9-18(10-8-15)25(27)28/h1-11H,14H2. The van der Waals surface area contributed by atoms with Gasteiger partial charge in [-0.3, -0.25) is 10.1 Å². The quantitative estimate of drug-likeness (QED) is 0.339. The molecule has 3 aromatic carbocycles. The molecule has 8 nitrogen and oxygen atoms in total. The zero-order valence-electron chi connectivity index (χ0n) is 15.4. The number of nitro benzene ring substituents is 1. The van der Waals surface area contributed by atoms with Crippen molar-refractivity contribution in [2.45, 2.75) is 6.61 Å². The molecule has 0 saturated carbocycles. The van der Waals surface area contributed by atoms with Crippen molar-refractivity contribution in [1.29, 1.82) is 10.5 Å². The number of rotatable bonds is 6. The molecule has 0 saturated heterocycles. The molecule has 146 valence electrons. The van der Waals surface area contributed by atoms with E-state index >= 15 is 0 Å². The van der Waals surface area contributed by atoms with Crippen LogP contribution in [0.25, 0.3) is 0 Å². The van der Waals surface area contributed by atoms with Crippen LogP contribution in [0.4, 0.5) is 5.69 Å². The van der Waals surface area contributed by atoms with Gasteiger partial charge in [-0.25, -0.2) is 4.79 Å². The molecular formula is C22H13N3O5. The molecule has 0 heterocycles. The summed E-state index contributed by atoms with van der Waals surface area (Å²) in [6.45, 7) is -0.0509. The van der Waals surface area contributed by atoms with E-state index in [-0.39, 0.29) is 34.7 Å². The molecule has 0 aliphatic heterocycles. The minimum Gasteiger partial charge on any atom is -0.457 e. The van der Waals surface area contributed by atoms with E-state index in [9.17, 15) is 20.2 Å². The molecule has 0 spiro atoms. The predicted molar refractivity (Wildman–Crippen MR) is 105 cm³/mol. The van der Waals surface area contributed by atoms with Gasteiger partial charge in [0, 0.05) is 12.1 Å². The fourth-order valence-corrected chi connectivity index (χ4v) is 2.58. The van der Waals surface area contributed by atoms with Crippen LogP contribution in [0.15, 0.2) is 66.7 Å². The third-order valence-corrected chi connectivity index (χ3v) is 4.07. The highest BCUT2D eigenvalue weighted by molar-refractivity contribution is 5.89. The zero-order chi connectivity index (χ0) is 21.5. The Labute approximate surface area is 171 Å². The Morgan fingerprint density at radius 2 is 1.73 bits per heavy atom. The Hall–Kier alpha value is -4.69. The second-order valence-corrected chi connectivity index (χ2v) is 6.03. The van der Waals surface area contributed by atoms with Crippen LogP contribution in [-0.2, 0) is 11.3 Å². The summed E-state index contributed by atoms with van der Waals surface area (Å²) < 4.78 is 10.9. The number of carbonyl (C=O) groups excluding carboxylic acids is 1. The predicted octanol–water partition coefficient (Wildman–Crippen LogP) is 4.49. The van der Waals surface area contributed by atoms with E-state index in [1.165, 1.54) is 36.4 Å². The van der Waals surface area contributed by atoms with Gasteiger partial charge >= 0.3 is 5.97 Å². The summed E-state index contributed by atoms with van der Waals surface area (Å²) in [5, 5.41) is 29.1. The average Bonchev–Trinajstić information content (AvgIpc) is 2.77. The van der Waals surface area contributed by atoms with Crippen LogP contribution in [0.1, 0.15) is 27.0 Å². The average molecular weight is 399 g/mol. The van der Waals surface area contributed by atoms with E-state index < -0.39 is 10.9 Å². The molecule has 0 unspecified atom stereocenters. The van der Waals surface area contributed by atoms with Crippen molar-refractivity contribution in [1.82, 2.24) is 0 Å². The lowest BCUT2D eigenvalue weighted by molar-refractivity contribution is -0.384. The smallest absolute Gasteiger partial charge is 0.338 e. The first-order chi connectivity index (χ1) is 14.5. The van der Waals surface area contributed by atoms with E-state index in [0.717, 1.165) is 0 Å². The van der Waals surface area contributed by atoms with Crippen LogP contribution in [0.5, 0.6) is 11.5 Å². The van der Waals surface area contributed by atoms with Crippen LogP contribution in [0.2, 0.25) is 0 Å². The van der Waals surface area contributed by atoms with Crippen LogP contribution < -0.4 is 4.74 Å². The Morgan fingerprint density at radius 1 is 1.00 bits per heavy atom. The summed E-state index contributed by atoms with van der Waals surface area (Å²) in [7, 11) is 0. The van der Waals surface area contributed by atoms with Gasteiger partial charge in [-0.1, -0.05) is 12.1 Å². The second kappa shape index (κ2) is 9.00. The summed E-state index contributed by atoms with van der Waals surface area (Å²) in [5.41, 5.74) is 1.07. The fourth-order valence-electron chi connectivity index (χ4n) is 2.58. The van der Waals surface area contributed by atoms with Crippen LogP contribution in [0.3, 0.4) is 0 Å². The van der Waals surface area contributed by atoms with Crippen molar-refractivity contribution in [2.24, 2.45) is 0 Å². The largest absolute Gasteiger partial charge is 0.457 e. The zero-order valence-corrected chi connectivity index (χ0v) is 15.4. The lowest BCUT2D eigenvalue weighted by atomic mass is 10.1. The summed E-state index contributed by atoms with van der Waals surface area (Å²) in [6.07, 6.45) is 0. The number of benzene rings is 3. The molecule has 0 aliphatic carbocycles. The van der Waals surface area contributed by atoms with Gasteiger partial charge in [0.2, 0.25) is 0 Å². The molecule has 30 heavy (non-hydrogen) atoms. The molecule has 0 aromatic heterocycles. The maximum absolute atomic E-state index is 12.3. The van der Waals surface area contributed by atoms with Gasteiger partial charge in [0.25, 0.3) is 5.69 Å². The Kier molecular flexibility index (Phi) is 6.02. The van der Waals surface area contributed by atoms with Crippen molar-refractivity contribution in [2.75, 3.05) is 0 Å². The topological polar surface area (TPSA) is 126 Å². The van der Waals surface area contributed by atoms with Crippen LogP contribution in [-0.4, -0.2) is 10.9 Å². The number of nitrogens with zero attached hydrogens (tertiary/aromatic N) is 3. The van der Waals surface area contributed by atoms with E-state index in [4.69, 9.17) is 14.7 Å². The van der Waals surface area contributed by atoms with E-state index in [1.807, 2.05) is 12.1 Å². The number of ether oxygens (including phenoxy) is 2. The first kappa shape index (κ1) is 20.1. The van der Waals surface area contributed by atoms with Crippen LogP contribution >= 0.6 is 0 Å². The molecule has 8 heteroatoms. The van der Waals surface area contributed by atoms with Gasteiger partial charge in [-0.05, 0) is 48.0 Å². The molecule has 3 rings (SSSR count). The maximum atomic E-state index is 12.3. The Bertz CT molecular complexity index is 1190.